The van der Waals surface area contributed by atoms with Gasteiger partial charge in [0.25, 0.3) is 0 Å². The molecule has 3 aromatic rings. The standard InChI is InChI=1S/C28H32N2O2/c1-20-6-8-21(9-7-20)18-30-15-14-29(25-4-3-5-25)19-27(30)28(31)24-11-10-23-17-26(32-2)13-12-22(23)16-24/h6-13,16-17,25,27H,3-5,14-15,18-19H2,1-2H3. The van der Waals surface area contributed by atoms with Crippen LogP contribution < -0.4 is 4.74 Å². The Morgan fingerprint density at radius 1 is 0.969 bits per heavy atom. The van der Waals surface area contributed by atoms with Crippen molar-refractivity contribution >= 4 is 16.6 Å². The van der Waals surface area contributed by atoms with Crippen molar-refractivity contribution in [3.63, 3.8) is 0 Å². The van der Waals surface area contributed by atoms with Gasteiger partial charge in [-0.3, -0.25) is 14.6 Å². The number of methoxy groups -OCH3 is 1. The van der Waals surface area contributed by atoms with Gasteiger partial charge >= 0.3 is 0 Å². The van der Waals surface area contributed by atoms with E-state index in [0.29, 0.717) is 6.04 Å². The first-order valence-electron chi connectivity index (χ1n) is 11.8. The summed E-state index contributed by atoms with van der Waals surface area (Å²) in [6, 6.07) is 21.3. The number of rotatable bonds is 6. The van der Waals surface area contributed by atoms with Crippen molar-refractivity contribution in [2.24, 2.45) is 0 Å². The van der Waals surface area contributed by atoms with Crippen LogP contribution in [0.5, 0.6) is 5.75 Å². The Labute approximate surface area is 190 Å². The van der Waals surface area contributed by atoms with Crippen molar-refractivity contribution in [2.75, 3.05) is 26.7 Å². The first-order chi connectivity index (χ1) is 15.6. The summed E-state index contributed by atoms with van der Waals surface area (Å²) in [4.78, 5) is 18.8. The van der Waals surface area contributed by atoms with Gasteiger partial charge in [0, 0.05) is 37.8 Å². The van der Waals surface area contributed by atoms with Gasteiger partial charge in [0.15, 0.2) is 5.78 Å². The zero-order chi connectivity index (χ0) is 22.1. The van der Waals surface area contributed by atoms with E-state index in [0.717, 1.165) is 48.3 Å². The summed E-state index contributed by atoms with van der Waals surface area (Å²) >= 11 is 0. The van der Waals surface area contributed by atoms with Crippen molar-refractivity contribution in [1.29, 1.82) is 0 Å². The maximum Gasteiger partial charge on any atom is 0.181 e. The highest BCUT2D eigenvalue weighted by Crippen LogP contribution is 2.29. The quantitative estimate of drug-likeness (QED) is 0.513. The van der Waals surface area contributed by atoms with E-state index in [-0.39, 0.29) is 11.8 Å². The zero-order valence-corrected chi connectivity index (χ0v) is 19.1. The van der Waals surface area contributed by atoms with E-state index in [2.05, 4.69) is 41.0 Å². The zero-order valence-electron chi connectivity index (χ0n) is 19.1. The second kappa shape index (κ2) is 9.05. The molecule has 166 valence electrons. The number of ketones is 1. The molecule has 0 N–H and O–H groups in total. The summed E-state index contributed by atoms with van der Waals surface area (Å²) in [7, 11) is 1.68. The van der Waals surface area contributed by atoms with Gasteiger partial charge in [-0.25, -0.2) is 0 Å². The molecule has 0 bridgehead atoms. The summed E-state index contributed by atoms with van der Waals surface area (Å²) in [5.74, 6) is 1.07. The summed E-state index contributed by atoms with van der Waals surface area (Å²) in [6.45, 7) is 5.75. The average Bonchev–Trinajstić information content (AvgIpc) is 2.79. The third-order valence-corrected chi connectivity index (χ3v) is 7.25. The first kappa shape index (κ1) is 21.2. The van der Waals surface area contributed by atoms with Crippen LogP contribution in [0.4, 0.5) is 0 Å². The van der Waals surface area contributed by atoms with Crippen LogP contribution in [0.2, 0.25) is 0 Å². The average molecular weight is 429 g/mol. The van der Waals surface area contributed by atoms with Crippen LogP contribution in [-0.2, 0) is 6.54 Å². The normalized spacial score (nSPS) is 20.2. The van der Waals surface area contributed by atoms with Crippen LogP contribution in [0, 0.1) is 6.92 Å². The number of Topliss-reactive ketones (excluding diaryl/α,β-unsaturated/α-hetero) is 1. The molecule has 4 nitrogen and oxygen atoms in total. The molecule has 0 spiro atoms. The van der Waals surface area contributed by atoms with Gasteiger partial charge in [0.05, 0.1) is 13.2 Å². The van der Waals surface area contributed by atoms with Crippen LogP contribution in [0.15, 0.2) is 60.7 Å². The van der Waals surface area contributed by atoms with Crippen molar-refractivity contribution < 1.29 is 9.53 Å². The number of benzene rings is 3. The van der Waals surface area contributed by atoms with Crippen LogP contribution in [0.25, 0.3) is 10.8 Å². The lowest BCUT2D eigenvalue weighted by atomic mass is 9.89. The minimum atomic E-state index is -0.110. The molecule has 1 heterocycles. The Bertz CT molecular complexity index is 1100. The molecule has 1 unspecified atom stereocenters. The number of carbonyl (C=O) groups excluding carboxylic acids is 1. The van der Waals surface area contributed by atoms with Gasteiger partial charge in [-0.1, -0.05) is 54.4 Å². The molecule has 4 heteroatoms. The van der Waals surface area contributed by atoms with E-state index >= 15 is 0 Å². The van der Waals surface area contributed by atoms with Gasteiger partial charge in [0.1, 0.15) is 5.75 Å². The summed E-state index contributed by atoms with van der Waals surface area (Å²) < 4.78 is 5.34. The number of hydrogen-bond donors (Lipinski definition) is 0. The van der Waals surface area contributed by atoms with Crippen molar-refractivity contribution in [3.8, 4) is 5.75 Å². The number of carbonyl (C=O) groups is 1. The van der Waals surface area contributed by atoms with Crippen LogP contribution in [0.3, 0.4) is 0 Å². The molecule has 0 amide bonds. The summed E-state index contributed by atoms with van der Waals surface area (Å²) in [5.41, 5.74) is 3.34. The smallest absolute Gasteiger partial charge is 0.181 e. The highest BCUT2D eigenvalue weighted by molar-refractivity contribution is 6.03. The fraction of sp³-hybridized carbons (Fsp3) is 0.393. The molecule has 2 fully saturated rings. The molecule has 32 heavy (non-hydrogen) atoms. The Balaban J connectivity index is 1.41. The predicted octanol–water partition coefficient (Wildman–Crippen LogP) is 5.08. The molecule has 1 saturated heterocycles. The number of hydrogen-bond acceptors (Lipinski definition) is 4. The fourth-order valence-electron chi connectivity index (χ4n) is 4.99. The molecule has 5 rings (SSSR count). The molecule has 1 aliphatic heterocycles. The molecular formula is C28H32N2O2. The monoisotopic (exact) mass is 428 g/mol. The lowest BCUT2D eigenvalue weighted by molar-refractivity contribution is 0.0206. The number of aryl methyl sites for hydroxylation is 1. The highest BCUT2D eigenvalue weighted by atomic mass is 16.5. The van der Waals surface area contributed by atoms with Crippen molar-refractivity contribution in [2.45, 2.75) is 44.8 Å². The van der Waals surface area contributed by atoms with Crippen LogP contribution >= 0.6 is 0 Å². The SMILES string of the molecule is COc1ccc2cc(C(=O)C3CN(C4CCC4)CCN3Cc3ccc(C)cc3)ccc2c1. The predicted molar refractivity (Wildman–Crippen MR) is 129 cm³/mol. The van der Waals surface area contributed by atoms with Crippen molar-refractivity contribution in [1.82, 2.24) is 9.80 Å². The molecule has 3 aromatic carbocycles. The molecule has 0 aromatic heterocycles. The van der Waals surface area contributed by atoms with Crippen LogP contribution in [0.1, 0.15) is 40.7 Å². The molecular weight excluding hydrogens is 396 g/mol. The Kier molecular flexibility index (Phi) is 5.99. The Hall–Kier alpha value is -2.69. The Morgan fingerprint density at radius 2 is 1.72 bits per heavy atom. The molecule has 0 radical (unpaired) electrons. The number of fused-ring (bicyclic) bond motifs is 1. The van der Waals surface area contributed by atoms with E-state index in [9.17, 15) is 4.79 Å². The third-order valence-electron chi connectivity index (χ3n) is 7.25. The van der Waals surface area contributed by atoms with Gasteiger partial charge in [0.2, 0.25) is 0 Å². The van der Waals surface area contributed by atoms with Crippen LogP contribution in [-0.4, -0.2) is 54.4 Å². The molecule has 2 aliphatic rings. The maximum absolute atomic E-state index is 13.8. The first-order valence-corrected chi connectivity index (χ1v) is 11.8. The largest absolute Gasteiger partial charge is 0.497 e. The summed E-state index contributed by atoms with van der Waals surface area (Å²) in [5, 5.41) is 2.17. The van der Waals surface area contributed by atoms with Gasteiger partial charge in [-0.2, -0.15) is 0 Å². The number of piperazine rings is 1. The molecule has 1 atom stereocenters. The lowest BCUT2D eigenvalue weighted by Gasteiger charge is -2.46. The number of ether oxygens (including phenoxy) is 1. The van der Waals surface area contributed by atoms with Gasteiger partial charge < -0.3 is 4.74 Å². The van der Waals surface area contributed by atoms with E-state index in [1.54, 1.807) is 7.11 Å². The van der Waals surface area contributed by atoms with E-state index in [1.165, 1.54) is 30.4 Å². The van der Waals surface area contributed by atoms with E-state index in [4.69, 9.17) is 4.74 Å². The molecule has 1 aliphatic carbocycles. The minimum Gasteiger partial charge on any atom is -0.497 e. The second-order valence-corrected chi connectivity index (χ2v) is 9.34. The highest BCUT2D eigenvalue weighted by Gasteiger charge is 2.36. The van der Waals surface area contributed by atoms with Gasteiger partial charge in [-0.05, 0) is 54.3 Å². The number of nitrogens with zero attached hydrogens (tertiary/aromatic N) is 2. The minimum absolute atomic E-state index is 0.110. The lowest BCUT2D eigenvalue weighted by Crippen LogP contribution is -2.59. The van der Waals surface area contributed by atoms with Crippen molar-refractivity contribution in [3.05, 3.63) is 77.4 Å². The molecule has 1 saturated carbocycles. The fourth-order valence-corrected chi connectivity index (χ4v) is 4.99. The van der Waals surface area contributed by atoms with Gasteiger partial charge in [-0.15, -0.1) is 0 Å². The topological polar surface area (TPSA) is 32.8 Å². The van der Waals surface area contributed by atoms with E-state index < -0.39 is 0 Å². The van der Waals surface area contributed by atoms with E-state index in [1.807, 2.05) is 36.4 Å². The second-order valence-electron chi connectivity index (χ2n) is 9.34. The Morgan fingerprint density at radius 3 is 2.44 bits per heavy atom. The third kappa shape index (κ3) is 4.30. The summed E-state index contributed by atoms with van der Waals surface area (Å²) in [6.07, 6.45) is 3.87. The maximum atomic E-state index is 13.8.